The first kappa shape index (κ1) is 13.8. The Morgan fingerprint density at radius 2 is 2.05 bits per heavy atom. The first-order valence-electron chi connectivity index (χ1n) is 6.13. The van der Waals surface area contributed by atoms with Crippen LogP contribution >= 0.6 is 0 Å². The van der Waals surface area contributed by atoms with E-state index in [1.165, 1.54) is 12.1 Å². The lowest BCUT2D eigenvalue weighted by atomic mass is 10.2. The van der Waals surface area contributed by atoms with Gasteiger partial charge in [0.05, 0.1) is 5.56 Å². The summed E-state index contributed by atoms with van der Waals surface area (Å²) in [6, 6.07) is 9.49. The van der Waals surface area contributed by atoms with Crippen molar-refractivity contribution in [1.29, 1.82) is 0 Å². The molecule has 0 saturated heterocycles. The monoisotopic (exact) mass is 274 g/mol. The molecule has 2 aromatic rings. The molecule has 20 heavy (non-hydrogen) atoms. The van der Waals surface area contributed by atoms with Gasteiger partial charge in [0.1, 0.15) is 11.6 Å². The lowest BCUT2D eigenvalue weighted by molar-refractivity contribution is 0.318. The second-order valence-corrected chi connectivity index (χ2v) is 4.08. The SMILES string of the molecule is CCN(c1ccc(F)cc1)c1ncccc1C(N)=NO. The molecule has 1 aromatic heterocycles. The molecule has 0 aliphatic carbocycles. The average Bonchev–Trinajstić information content (AvgIpc) is 2.49. The molecule has 2 rings (SSSR count). The Hall–Kier alpha value is -2.63. The maximum absolute atomic E-state index is 13.0. The topological polar surface area (TPSA) is 74.7 Å². The van der Waals surface area contributed by atoms with Crippen LogP contribution < -0.4 is 10.6 Å². The molecule has 0 amide bonds. The highest BCUT2D eigenvalue weighted by atomic mass is 19.1. The Morgan fingerprint density at radius 3 is 2.65 bits per heavy atom. The predicted octanol–water partition coefficient (Wildman–Crippen LogP) is 2.47. The zero-order chi connectivity index (χ0) is 14.5. The largest absolute Gasteiger partial charge is 0.409 e. The van der Waals surface area contributed by atoms with E-state index >= 15 is 0 Å². The summed E-state index contributed by atoms with van der Waals surface area (Å²) < 4.78 is 13.0. The van der Waals surface area contributed by atoms with Crippen molar-refractivity contribution in [2.24, 2.45) is 10.9 Å². The number of anilines is 2. The van der Waals surface area contributed by atoms with Gasteiger partial charge in [0.2, 0.25) is 0 Å². The fourth-order valence-corrected chi connectivity index (χ4v) is 1.94. The first-order chi connectivity index (χ1) is 9.67. The van der Waals surface area contributed by atoms with Crippen LogP contribution in [-0.2, 0) is 0 Å². The second kappa shape index (κ2) is 6.01. The number of benzene rings is 1. The number of nitrogens with zero attached hydrogens (tertiary/aromatic N) is 3. The van der Waals surface area contributed by atoms with E-state index in [2.05, 4.69) is 10.1 Å². The summed E-state index contributed by atoms with van der Waals surface area (Å²) in [5, 5.41) is 11.9. The average molecular weight is 274 g/mol. The maximum atomic E-state index is 13.0. The van der Waals surface area contributed by atoms with Gasteiger partial charge >= 0.3 is 0 Å². The highest BCUT2D eigenvalue weighted by Crippen LogP contribution is 2.26. The number of halogens is 1. The van der Waals surface area contributed by atoms with Gasteiger partial charge < -0.3 is 15.8 Å². The highest BCUT2D eigenvalue weighted by molar-refractivity contribution is 6.02. The first-order valence-corrected chi connectivity index (χ1v) is 6.13. The number of amidine groups is 1. The number of nitrogens with two attached hydrogens (primary N) is 1. The van der Waals surface area contributed by atoms with Crippen LogP contribution in [0.15, 0.2) is 47.8 Å². The summed E-state index contributed by atoms with van der Waals surface area (Å²) in [4.78, 5) is 6.13. The molecule has 1 aromatic carbocycles. The third-order valence-electron chi connectivity index (χ3n) is 2.88. The van der Waals surface area contributed by atoms with Crippen LogP contribution in [0.5, 0.6) is 0 Å². The van der Waals surface area contributed by atoms with Crippen molar-refractivity contribution in [3.05, 3.63) is 54.0 Å². The maximum Gasteiger partial charge on any atom is 0.173 e. The van der Waals surface area contributed by atoms with E-state index in [0.717, 1.165) is 5.69 Å². The minimum atomic E-state index is -0.303. The molecule has 0 aliphatic rings. The van der Waals surface area contributed by atoms with Crippen LogP contribution in [0.2, 0.25) is 0 Å². The summed E-state index contributed by atoms with van der Waals surface area (Å²) in [5.74, 6) is 0.230. The Kier molecular flexibility index (Phi) is 4.14. The van der Waals surface area contributed by atoms with Crippen LogP contribution in [0.1, 0.15) is 12.5 Å². The quantitative estimate of drug-likeness (QED) is 0.389. The predicted molar refractivity (Wildman–Crippen MR) is 75.8 cm³/mol. The molecular formula is C14H15FN4O. The molecule has 0 saturated carbocycles. The van der Waals surface area contributed by atoms with E-state index in [0.29, 0.717) is 17.9 Å². The molecule has 0 atom stereocenters. The van der Waals surface area contributed by atoms with E-state index < -0.39 is 0 Å². The van der Waals surface area contributed by atoms with Crippen molar-refractivity contribution in [3.63, 3.8) is 0 Å². The minimum Gasteiger partial charge on any atom is -0.409 e. The van der Waals surface area contributed by atoms with Gasteiger partial charge in [-0.1, -0.05) is 5.16 Å². The fraction of sp³-hybridized carbons (Fsp3) is 0.143. The van der Waals surface area contributed by atoms with Crippen LogP contribution in [-0.4, -0.2) is 22.6 Å². The Balaban J connectivity index is 2.50. The molecule has 0 radical (unpaired) electrons. The number of aromatic nitrogens is 1. The number of oxime groups is 1. The van der Waals surface area contributed by atoms with E-state index in [9.17, 15) is 4.39 Å². The molecule has 0 spiro atoms. The molecule has 5 nitrogen and oxygen atoms in total. The van der Waals surface area contributed by atoms with Gasteiger partial charge in [-0.2, -0.15) is 0 Å². The zero-order valence-electron chi connectivity index (χ0n) is 11.0. The summed E-state index contributed by atoms with van der Waals surface area (Å²) >= 11 is 0. The molecule has 1 heterocycles. The third-order valence-corrected chi connectivity index (χ3v) is 2.88. The molecule has 0 unspecified atom stereocenters. The number of pyridine rings is 1. The highest BCUT2D eigenvalue weighted by Gasteiger charge is 2.15. The van der Waals surface area contributed by atoms with Crippen molar-refractivity contribution >= 4 is 17.3 Å². The van der Waals surface area contributed by atoms with E-state index in [1.54, 1.807) is 30.5 Å². The minimum absolute atomic E-state index is 0.0198. The molecular weight excluding hydrogens is 259 g/mol. The van der Waals surface area contributed by atoms with Crippen molar-refractivity contribution in [3.8, 4) is 0 Å². The molecule has 0 fully saturated rings. The van der Waals surface area contributed by atoms with Gasteiger partial charge in [-0.05, 0) is 43.3 Å². The van der Waals surface area contributed by atoms with Gasteiger partial charge in [0.15, 0.2) is 5.84 Å². The lowest BCUT2D eigenvalue weighted by Gasteiger charge is -2.24. The van der Waals surface area contributed by atoms with Gasteiger partial charge in [0, 0.05) is 18.4 Å². The summed E-state index contributed by atoms with van der Waals surface area (Å²) in [6.45, 7) is 2.54. The second-order valence-electron chi connectivity index (χ2n) is 4.08. The van der Waals surface area contributed by atoms with Crippen LogP contribution in [0, 0.1) is 5.82 Å². The van der Waals surface area contributed by atoms with Crippen LogP contribution in [0.3, 0.4) is 0 Å². The molecule has 0 aliphatic heterocycles. The Labute approximate surface area is 116 Å². The van der Waals surface area contributed by atoms with Gasteiger partial charge in [0.25, 0.3) is 0 Å². The van der Waals surface area contributed by atoms with Crippen LogP contribution in [0.4, 0.5) is 15.9 Å². The van der Waals surface area contributed by atoms with Crippen LogP contribution in [0.25, 0.3) is 0 Å². The third kappa shape index (κ3) is 2.69. The summed E-state index contributed by atoms with van der Waals surface area (Å²) in [5.41, 5.74) is 6.96. The van der Waals surface area contributed by atoms with Gasteiger partial charge in [-0.25, -0.2) is 9.37 Å². The van der Waals surface area contributed by atoms with Crippen molar-refractivity contribution in [2.75, 3.05) is 11.4 Å². The molecule has 3 N–H and O–H groups in total. The van der Waals surface area contributed by atoms with Crippen molar-refractivity contribution in [1.82, 2.24) is 4.98 Å². The summed E-state index contributed by atoms with van der Waals surface area (Å²) in [6.07, 6.45) is 1.62. The molecule has 104 valence electrons. The standard InChI is InChI=1S/C14H15FN4O/c1-2-19(11-7-5-10(15)6-8-11)14-12(13(16)18-20)4-3-9-17-14/h3-9,20H,2H2,1H3,(H2,16,18). The van der Waals surface area contributed by atoms with Crippen molar-refractivity contribution in [2.45, 2.75) is 6.92 Å². The Morgan fingerprint density at radius 1 is 1.35 bits per heavy atom. The molecule has 0 bridgehead atoms. The molecule has 6 heteroatoms. The normalized spacial score (nSPS) is 11.4. The van der Waals surface area contributed by atoms with Gasteiger partial charge in [-0.15, -0.1) is 0 Å². The van der Waals surface area contributed by atoms with E-state index in [1.807, 2.05) is 11.8 Å². The Bertz CT molecular complexity index is 613. The smallest absolute Gasteiger partial charge is 0.173 e. The number of rotatable bonds is 4. The van der Waals surface area contributed by atoms with Gasteiger partial charge in [-0.3, -0.25) is 0 Å². The van der Waals surface area contributed by atoms with Crippen molar-refractivity contribution < 1.29 is 9.60 Å². The summed E-state index contributed by atoms with van der Waals surface area (Å²) in [7, 11) is 0. The number of hydrogen-bond acceptors (Lipinski definition) is 4. The lowest BCUT2D eigenvalue weighted by Crippen LogP contribution is -2.23. The number of hydrogen-bond donors (Lipinski definition) is 2. The fourth-order valence-electron chi connectivity index (χ4n) is 1.94. The van der Waals surface area contributed by atoms with E-state index in [4.69, 9.17) is 10.9 Å². The van der Waals surface area contributed by atoms with E-state index in [-0.39, 0.29) is 11.7 Å². The zero-order valence-corrected chi connectivity index (χ0v) is 11.0.